The lowest BCUT2D eigenvalue weighted by Gasteiger charge is -2.20. The smallest absolute Gasteiger partial charge is 0.225 e. The molecule has 0 amide bonds. The summed E-state index contributed by atoms with van der Waals surface area (Å²) in [6, 6.07) is 4.23. The Balaban J connectivity index is 1.93. The molecule has 0 bridgehead atoms. The molecule has 0 spiro atoms. The molecule has 2 aromatic heterocycles. The van der Waals surface area contributed by atoms with Crippen molar-refractivity contribution < 1.29 is 0 Å². The predicted molar refractivity (Wildman–Crippen MR) is 89.6 cm³/mol. The molecule has 0 aliphatic rings. The average molecular weight is 304 g/mol. The zero-order valence-corrected chi connectivity index (χ0v) is 13.9. The molecule has 2 aromatic rings. The largest absolute Gasteiger partial charge is 0.336 e. The molecular formula is C16H24N4S. The number of nitrogens with zero attached hydrogens (tertiary/aromatic N) is 3. The molecule has 4 nitrogen and oxygen atoms in total. The van der Waals surface area contributed by atoms with E-state index in [1.165, 1.54) is 4.88 Å². The van der Waals surface area contributed by atoms with Crippen LogP contribution in [0.2, 0.25) is 0 Å². The van der Waals surface area contributed by atoms with E-state index in [4.69, 9.17) is 0 Å². The fraction of sp³-hybridized carbons (Fsp3) is 0.500. The van der Waals surface area contributed by atoms with Gasteiger partial charge in [0.2, 0.25) is 5.95 Å². The highest BCUT2D eigenvalue weighted by atomic mass is 32.1. The minimum absolute atomic E-state index is 0.659. The number of rotatable bonds is 8. The van der Waals surface area contributed by atoms with E-state index in [0.29, 0.717) is 5.92 Å². The van der Waals surface area contributed by atoms with Gasteiger partial charge in [-0.2, -0.15) is 0 Å². The van der Waals surface area contributed by atoms with Gasteiger partial charge in [-0.05, 0) is 30.8 Å². The molecule has 0 unspecified atom stereocenters. The summed E-state index contributed by atoms with van der Waals surface area (Å²) < 4.78 is 0. The van der Waals surface area contributed by atoms with E-state index in [2.05, 4.69) is 58.5 Å². The average Bonchev–Trinajstić information content (AvgIpc) is 2.98. The lowest BCUT2D eigenvalue weighted by molar-refractivity contribution is 0.551. The molecule has 114 valence electrons. The Hall–Kier alpha value is -1.46. The van der Waals surface area contributed by atoms with Crippen LogP contribution in [0.1, 0.15) is 31.2 Å². The van der Waals surface area contributed by atoms with Crippen molar-refractivity contribution in [2.75, 3.05) is 18.0 Å². The van der Waals surface area contributed by atoms with Crippen LogP contribution in [-0.2, 0) is 13.1 Å². The Morgan fingerprint density at radius 2 is 2.05 bits per heavy atom. The fourth-order valence-electron chi connectivity index (χ4n) is 2.02. The summed E-state index contributed by atoms with van der Waals surface area (Å²) in [7, 11) is 0. The molecule has 0 fully saturated rings. The van der Waals surface area contributed by atoms with Gasteiger partial charge >= 0.3 is 0 Å². The zero-order chi connectivity index (χ0) is 15.1. The molecule has 0 radical (unpaired) electrons. The van der Waals surface area contributed by atoms with Gasteiger partial charge < -0.3 is 10.2 Å². The van der Waals surface area contributed by atoms with Crippen molar-refractivity contribution in [3.63, 3.8) is 0 Å². The second kappa shape index (κ2) is 8.10. The summed E-state index contributed by atoms with van der Waals surface area (Å²) in [5.74, 6) is 1.46. The molecule has 0 saturated heterocycles. The van der Waals surface area contributed by atoms with Gasteiger partial charge in [-0.25, -0.2) is 9.97 Å². The Labute approximate surface area is 131 Å². The molecule has 0 saturated carbocycles. The zero-order valence-electron chi connectivity index (χ0n) is 13.0. The Kier molecular flexibility index (Phi) is 6.14. The van der Waals surface area contributed by atoms with E-state index in [9.17, 15) is 0 Å². The van der Waals surface area contributed by atoms with E-state index in [0.717, 1.165) is 37.7 Å². The minimum Gasteiger partial charge on any atom is -0.336 e. The van der Waals surface area contributed by atoms with Crippen LogP contribution in [0.3, 0.4) is 0 Å². The van der Waals surface area contributed by atoms with E-state index in [-0.39, 0.29) is 0 Å². The van der Waals surface area contributed by atoms with Gasteiger partial charge in [0, 0.05) is 35.9 Å². The maximum Gasteiger partial charge on any atom is 0.225 e. The predicted octanol–water partition coefficient (Wildman–Crippen LogP) is 3.31. The molecule has 2 rings (SSSR count). The Morgan fingerprint density at radius 3 is 2.62 bits per heavy atom. The first kappa shape index (κ1) is 15.9. The topological polar surface area (TPSA) is 41.1 Å². The van der Waals surface area contributed by atoms with Crippen molar-refractivity contribution in [2.24, 2.45) is 5.92 Å². The van der Waals surface area contributed by atoms with Gasteiger partial charge in [0.25, 0.3) is 0 Å². The molecular weight excluding hydrogens is 280 g/mol. The van der Waals surface area contributed by atoms with Crippen LogP contribution in [0.15, 0.2) is 29.9 Å². The van der Waals surface area contributed by atoms with Crippen LogP contribution in [0.5, 0.6) is 0 Å². The highest BCUT2D eigenvalue weighted by Gasteiger charge is 2.09. The van der Waals surface area contributed by atoms with E-state index >= 15 is 0 Å². The number of thiophene rings is 1. The Morgan fingerprint density at radius 1 is 1.29 bits per heavy atom. The highest BCUT2D eigenvalue weighted by Crippen LogP contribution is 2.15. The number of nitrogens with one attached hydrogen (secondary N) is 1. The van der Waals surface area contributed by atoms with Gasteiger partial charge in [-0.3, -0.25) is 0 Å². The monoisotopic (exact) mass is 304 g/mol. The third-order valence-electron chi connectivity index (χ3n) is 3.16. The number of anilines is 1. The first-order valence-corrected chi connectivity index (χ1v) is 8.36. The van der Waals surface area contributed by atoms with Crippen molar-refractivity contribution in [1.29, 1.82) is 0 Å². The lowest BCUT2D eigenvalue weighted by Crippen LogP contribution is -2.24. The molecule has 0 aliphatic carbocycles. The summed E-state index contributed by atoms with van der Waals surface area (Å²) in [5, 5.41) is 5.51. The van der Waals surface area contributed by atoms with Crippen LogP contribution in [0, 0.1) is 5.92 Å². The molecule has 0 aromatic carbocycles. The van der Waals surface area contributed by atoms with Crippen molar-refractivity contribution >= 4 is 17.3 Å². The molecule has 21 heavy (non-hydrogen) atoms. The van der Waals surface area contributed by atoms with Crippen molar-refractivity contribution in [2.45, 2.75) is 33.9 Å². The van der Waals surface area contributed by atoms with Crippen LogP contribution < -0.4 is 10.2 Å². The highest BCUT2D eigenvalue weighted by molar-refractivity contribution is 7.09. The van der Waals surface area contributed by atoms with Crippen molar-refractivity contribution in [3.05, 3.63) is 40.3 Å². The summed E-state index contributed by atoms with van der Waals surface area (Å²) in [5.41, 5.74) is 1.13. The number of hydrogen-bond donors (Lipinski definition) is 1. The first-order valence-electron chi connectivity index (χ1n) is 7.48. The van der Waals surface area contributed by atoms with Crippen LogP contribution in [0.25, 0.3) is 0 Å². The molecule has 5 heteroatoms. The number of hydrogen-bond acceptors (Lipinski definition) is 5. The molecule has 2 heterocycles. The minimum atomic E-state index is 0.659. The Bertz CT molecular complexity index is 508. The molecule has 0 atom stereocenters. The van der Waals surface area contributed by atoms with E-state index < -0.39 is 0 Å². The molecule has 0 aliphatic heterocycles. The summed E-state index contributed by atoms with van der Waals surface area (Å²) in [6.45, 7) is 10.2. The van der Waals surface area contributed by atoms with Crippen molar-refractivity contribution in [3.8, 4) is 0 Å². The number of aromatic nitrogens is 2. The second-order valence-electron chi connectivity index (χ2n) is 5.51. The summed E-state index contributed by atoms with van der Waals surface area (Å²) in [4.78, 5) is 12.5. The summed E-state index contributed by atoms with van der Waals surface area (Å²) in [6.07, 6.45) is 3.85. The second-order valence-corrected chi connectivity index (χ2v) is 6.54. The maximum absolute atomic E-state index is 4.51. The maximum atomic E-state index is 4.51. The van der Waals surface area contributed by atoms with Crippen LogP contribution >= 0.6 is 11.3 Å². The molecule has 1 N–H and O–H groups in total. The third kappa shape index (κ3) is 5.10. The van der Waals surface area contributed by atoms with Crippen LogP contribution in [-0.4, -0.2) is 23.1 Å². The van der Waals surface area contributed by atoms with Gasteiger partial charge in [-0.1, -0.05) is 19.9 Å². The van der Waals surface area contributed by atoms with Gasteiger partial charge in [-0.15, -0.1) is 11.3 Å². The third-order valence-corrected chi connectivity index (χ3v) is 4.03. The SMILES string of the molecule is CCN(Cc1cccs1)c1ncc(CNCC(C)C)cn1. The van der Waals surface area contributed by atoms with Crippen molar-refractivity contribution in [1.82, 2.24) is 15.3 Å². The van der Waals surface area contributed by atoms with Gasteiger partial charge in [0.05, 0.1) is 6.54 Å². The van der Waals surface area contributed by atoms with Crippen LogP contribution in [0.4, 0.5) is 5.95 Å². The first-order chi connectivity index (χ1) is 10.2. The summed E-state index contributed by atoms with van der Waals surface area (Å²) >= 11 is 1.77. The van der Waals surface area contributed by atoms with E-state index in [1.54, 1.807) is 11.3 Å². The normalized spacial score (nSPS) is 11.0. The quantitative estimate of drug-likeness (QED) is 0.812. The fourth-order valence-corrected chi connectivity index (χ4v) is 2.74. The van der Waals surface area contributed by atoms with Gasteiger partial charge in [0.15, 0.2) is 0 Å². The lowest BCUT2D eigenvalue weighted by atomic mass is 10.2. The van der Waals surface area contributed by atoms with Gasteiger partial charge in [0.1, 0.15) is 0 Å². The van der Waals surface area contributed by atoms with E-state index in [1.807, 2.05) is 12.4 Å². The standard InChI is InChI=1S/C16H24N4S/c1-4-20(12-15-6-5-7-21-15)16-18-10-14(11-19-16)9-17-8-13(2)3/h5-7,10-11,13,17H,4,8-9,12H2,1-3H3.